The van der Waals surface area contributed by atoms with E-state index in [1.54, 1.807) is 35.4 Å². The van der Waals surface area contributed by atoms with Crippen LogP contribution in [0.15, 0.2) is 83.5 Å². The Balaban J connectivity index is 1.38. The van der Waals surface area contributed by atoms with Crippen molar-refractivity contribution in [1.29, 1.82) is 0 Å². The van der Waals surface area contributed by atoms with Crippen molar-refractivity contribution in [2.24, 2.45) is 0 Å². The van der Waals surface area contributed by atoms with Crippen molar-refractivity contribution in [1.82, 2.24) is 19.8 Å². The van der Waals surface area contributed by atoms with Gasteiger partial charge in [-0.15, -0.1) is 0 Å². The van der Waals surface area contributed by atoms with Gasteiger partial charge in [0, 0.05) is 24.6 Å². The fourth-order valence-corrected chi connectivity index (χ4v) is 3.74. The Bertz CT molecular complexity index is 1300. The number of urea groups is 1. The minimum absolute atomic E-state index is 0.142. The molecule has 0 atom stereocenters. The molecular weight excluding hydrogens is 461 g/mol. The summed E-state index contributed by atoms with van der Waals surface area (Å²) in [6.45, 7) is 3.52. The van der Waals surface area contributed by atoms with Crippen molar-refractivity contribution in [2.45, 2.75) is 33.0 Å². The molecule has 3 aromatic heterocycles. The van der Waals surface area contributed by atoms with Crippen molar-refractivity contribution < 1.29 is 18.4 Å². The monoisotopic (exact) mass is 489 g/mol. The summed E-state index contributed by atoms with van der Waals surface area (Å²) < 4.78 is 21.7. The van der Waals surface area contributed by atoms with E-state index in [9.17, 15) is 14.0 Å². The summed E-state index contributed by atoms with van der Waals surface area (Å²) in [4.78, 5) is 31.1. The molecule has 3 amide bonds. The van der Waals surface area contributed by atoms with E-state index < -0.39 is 5.82 Å². The maximum Gasteiger partial charge on any atom is 0.322 e. The molecule has 0 spiro atoms. The van der Waals surface area contributed by atoms with Crippen LogP contribution < -0.4 is 10.6 Å². The Morgan fingerprint density at radius 3 is 2.67 bits per heavy atom. The van der Waals surface area contributed by atoms with E-state index in [-0.39, 0.29) is 23.4 Å². The summed E-state index contributed by atoms with van der Waals surface area (Å²) in [5, 5.41) is 5.45. The molecule has 0 aliphatic heterocycles. The lowest BCUT2D eigenvalue weighted by Crippen LogP contribution is -2.36. The number of para-hydroxylation sites is 1. The number of hydrogen-bond acceptors (Lipinski definition) is 4. The lowest BCUT2D eigenvalue weighted by Gasteiger charge is -2.23. The number of benzene rings is 1. The lowest BCUT2D eigenvalue weighted by atomic mass is 10.3. The third-order valence-corrected chi connectivity index (χ3v) is 5.54. The largest absolute Gasteiger partial charge is 0.454 e. The van der Waals surface area contributed by atoms with Crippen LogP contribution in [0.4, 0.5) is 14.9 Å². The van der Waals surface area contributed by atoms with Crippen LogP contribution in [0.2, 0.25) is 0 Å². The van der Waals surface area contributed by atoms with Gasteiger partial charge < -0.3 is 24.5 Å². The van der Waals surface area contributed by atoms with E-state index in [2.05, 4.69) is 15.6 Å². The number of amides is 3. The first-order valence-corrected chi connectivity index (χ1v) is 11.7. The molecule has 0 unspecified atom stereocenters. The summed E-state index contributed by atoms with van der Waals surface area (Å²) in [7, 11) is 0. The molecule has 4 aromatic rings. The third-order valence-electron chi connectivity index (χ3n) is 5.54. The van der Waals surface area contributed by atoms with E-state index in [0.717, 1.165) is 17.8 Å². The average molecular weight is 490 g/mol. The van der Waals surface area contributed by atoms with Crippen LogP contribution in [0.5, 0.6) is 0 Å². The summed E-state index contributed by atoms with van der Waals surface area (Å²) in [6.07, 6.45) is 4.31. The van der Waals surface area contributed by atoms with Crippen LogP contribution in [-0.4, -0.2) is 32.9 Å². The highest BCUT2D eigenvalue weighted by atomic mass is 19.1. The molecule has 0 aliphatic carbocycles. The molecule has 36 heavy (non-hydrogen) atoms. The normalized spacial score (nSPS) is 10.7. The number of pyridine rings is 1. The van der Waals surface area contributed by atoms with E-state index >= 15 is 0 Å². The van der Waals surface area contributed by atoms with Gasteiger partial charge in [-0.25, -0.2) is 9.18 Å². The van der Waals surface area contributed by atoms with Crippen LogP contribution in [0, 0.1) is 5.82 Å². The molecule has 0 bridgehead atoms. The van der Waals surface area contributed by atoms with Gasteiger partial charge in [0.25, 0.3) is 5.91 Å². The fraction of sp³-hybridized carbons (Fsp3) is 0.222. The Hall–Kier alpha value is -4.40. The third kappa shape index (κ3) is 6.38. The highest BCUT2D eigenvalue weighted by molar-refractivity contribution is 5.91. The van der Waals surface area contributed by atoms with Gasteiger partial charge in [-0.3, -0.25) is 9.78 Å². The van der Waals surface area contributed by atoms with Crippen LogP contribution >= 0.6 is 0 Å². The molecule has 0 saturated carbocycles. The van der Waals surface area contributed by atoms with Crippen LogP contribution in [0.1, 0.15) is 41.0 Å². The minimum Gasteiger partial charge on any atom is -0.454 e. The fourth-order valence-electron chi connectivity index (χ4n) is 3.74. The number of carbonyl (C=O) groups is 2. The summed E-state index contributed by atoms with van der Waals surface area (Å²) in [5.74, 6) is 0.0155. The summed E-state index contributed by atoms with van der Waals surface area (Å²) in [5.41, 5.74) is 1.78. The zero-order valence-corrected chi connectivity index (χ0v) is 20.0. The first kappa shape index (κ1) is 24.7. The standard InChI is InChI=1S/C27H28FN5O3/c1-2-15-33(27(35)31-24-11-4-3-10-23(24)28)18-21-9-7-16-32(21)19-22-12-13-25(36-22)26(34)30-17-20-8-5-6-14-29-20/h3-14,16H,2,15,17-19H2,1H3,(H,30,34)(H,31,35). The zero-order valence-electron chi connectivity index (χ0n) is 20.0. The van der Waals surface area contributed by atoms with Crippen LogP contribution in [0.25, 0.3) is 0 Å². The van der Waals surface area contributed by atoms with Gasteiger partial charge in [0.1, 0.15) is 11.6 Å². The molecule has 2 N–H and O–H groups in total. The van der Waals surface area contributed by atoms with Crippen molar-refractivity contribution in [3.63, 3.8) is 0 Å². The highest BCUT2D eigenvalue weighted by Gasteiger charge is 2.18. The second-order valence-corrected chi connectivity index (χ2v) is 8.23. The molecular formula is C27H28FN5O3. The Morgan fingerprint density at radius 2 is 1.89 bits per heavy atom. The van der Waals surface area contributed by atoms with E-state index in [4.69, 9.17) is 4.42 Å². The predicted molar refractivity (Wildman–Crippen MR) is 134 cm³/mol. The second kappa shape index (κ2) is 11.8. The first-order valence-electron chi connectivity index (χ1n) is 11.7. The quantitative estimate of drug-likeness (QED) is 0.327. The Morgan fingerprint density at radius 1 is 1.06 bits per heavy atom. The topological polar surface area (TPSA) is 92.4 Å². The van der Waals surface area contributed by atoms with E-state index in [1.165, 1.54) is 12.1 Å². The molecule has 8 nitrogen and oxygen atoms in total. The number of anilines is 1. The highest BCUT2D eigenvalue weighted by Crippen LogP contribution is 2.17. The SMILES string of the molecule is CCCN(Cc1cccn1Cc1ccc(C(=O)NCc2ccccn2)o1)C(=O)Nc1ccccc1F. The Labute approximate surface area is 208 Å². The van der Waals surface area contributed by atoms with Crippen molar-refractivity contribution in [2.75, 3.05) is 11.9 Å². The van der Waals surface area contributed by atoms with Crippen molar-refractivity contribution >= 4 is 17.6 Å². The Kier molecular flexibility index (Phi) is 8.12. The van der Waals surface area contributed by atoms with Crippen LogP contribution in [-0.2, 0) is 19.6 Å². The number of hydrogen-bond donors (Lipinski definition) is 2. The number of halogens is 1. The smallest absolute Gasteiger partial charge is 0.322 e. The molecule has 1 aromatic carbocycles. The number of aromatic nitrogens is 2. The molecule has 9 heteroatoms. The zero-order chi connectivity index (χ0) is 25.3. The number of rotatable bonds is 10. The van der Waals surface area contributed by atoms with Gasteiger partial charge in [-0.05, 0) is 55.0 Å². The van der Waals surface area contributed by atoms with Gasteiger partial charge in [0.05, 0.1) is 31.0 Å². The molecule has 0 aliphatic rings. The molecule has 0 saturated heterocycles. The average Bonchev–Trinajstić information content (AvgIpc) is 3.54. The van der Waals surface area contributed by atoms with E-state index in [1.807, 2.05) is 48.0 Å². The number of furan rings is 1. The van der Waals surface area contributed by atoms with Gasteiger partial charge in [-0.2, -0.15) is 0 Å². The van der Waals surface area contributed by atoms with Crippen molar-refractivity contribution in [3.8, 4) is 0 Å². The lowest BCUT2D eigenvalue weighted by molar-refractivity contribution is 0.0920. The summed E-state index contributed by atoms with van der Waals surface area (Å²) >= 11 is 0. The number of carbonyl (C=O) groups excluding carboxylic acids is 2. The number of nitrogens with one attached hydrogen (secondary N) is 2. The second-order valence-electron chi connectivity index (χ2n) is 8.23. The molecule has 0 radical (unpaired) electrons. The molecule has 4 rings (SSSR count). The van der Waals surface area contributed by atoms with Gasteiger partial charge in [0.2, 0.25) is 0 Å². The molecule has 186 valence electrons. The number of nitrogens with zero attached hydrogens (tertiary/aromatic N) is 3. The molecule has 3 heterocycles. The van der Waals surface area contributed by atoms with Gasteiger partial charge in [0.15, 0.2) is 5.76 Å². The van der Waals surface area contributed by atoms with Gasteiger partial charge >= 0.3 is 6.03 Å². The van der Waals surface area contributed by atoms with Crippen molar-refractivity contribution in [3.05, 3.63) is 108 Å². The summed E-state index contributed by atoms with van der Waals surface area (Å²) in [6, 6.07) is 18.4. The minimum atomic E-state index is -0.483. The predicted octanol–water partition coefficient (Wildman–Crippen LogP) is 5.04. The first-order chi connectivity index (χ1) is 17.5. The maximum atomic E-state index is 14.0. The molecule has 0 fully saturated rings. The van der Waals surface area contributed by atoms with Gasteiger partial charge in [-0.1, -0.05) is 25.1 Å². The maximum absolute atomic E-state index is 14.0. The van der Waals surface area contributed by atoms with Crippen LogP contribution in [0.3, 0.4) is 0 Å². The van der Waals surface area contributed by atoms with E-state index in [0.29, 0.717) is 31.9 Å².